The van der Waals surface area contributed by atoms with E-state index in [2.05, 4.69) is 21.2 Å². The van der Waals surface area contributed by atoms with E-state index in [1.165, 1.54) is 0 Å². The number of rotatable bonds is 2. The number of nitrogen functional groups attached to an aromatic ring is 1. The molecule has 2 aromatic carbocycles. The molecule has 2 aromatic rings. The number of nitrogens with one attached hydrogen (secondary N) is 1. The fourth-order valence-electron chi connectivity index (χ4n) is 2.28. The van der Waals surface area contributed by atoms with Crippen molar-refractivity contribution in [3.63, 3.8) is 0 Å². The van der Waals surface area contributed by atoms with Crippen LogP contribution in [0.5, 0.6) is 0 Å². The lowest BCUT2D eigenvalue weighted by Crippen LogP contribution is -2.17. The molecule has 0 aliphatic rings. The highest BCUT2D eigenvalue weighted by molar-refractivity contribution is 9.10. The van der Waals surface area contributed by atoms with Crippen LogP contribution in [-0.2, 0) is 0 Å². The van der Waals surface area contributed by atoms with E-state index in [1.54, 1.807) is 6.07 Å². The van der Waals surface area contributed by atoms with Crippen LogP contribution in [0.3, 0.4) is 0 Å². The highest BCUT2D eigenvalue weighted by Gasteiger charge is 2.15. The van der Waals surface area contributed by atoms with Crippen molar-refractivity contribution in [1.82, 2.24) is 0 Å². The summed E-state index contributed by atoms with van der Waals surface area (Å²) >= 11 is 3.45. The van der Waals surface area contributed by atoms with Gasteiger partial charge in [-0.15, -0.1) is 0 Å². The van der Waals surface area contributed by atoms with Gasteiger partial charge in [-0.05, 0) is 55.7 Å². The van der Waals surface area contributed by atoms with Gasteiger partial charge in [0.05, 0.1) is 5.56 Å². The van der Waals surface area contributed by atoms with E-state index < -0.39 is 0 Å². The molecule has 4 heteroatoms. The molecule has 0 heterocycles. The van der Waals surface area contributed by atoms with E-state index in [4.69, 9.17) is 5.73 Å². The second kappa shape index (κ2) is 5.67. The van der Waals surface area contributed by atoms with Gasteiger partial charge in [0, 0.05) is 15.8 Å². The highest BCUT2D eigenvalue weighted by Crippen LogP contribution is 2.26. The van der Waals surface area contributed by atoms with Crippen LogP contribution in [-0.4, -0.2) is 5.91 Å². The summed E-state index contributed by atoms with van der Waals surface area (Å²) in [5.41, 5.74) is 10.7. The molecule has 104 valence electrons. The van der Waals surface area contributed by atoms with Gasteiger partial charge in [0.2, 0.25) is 0 Å². The Bertz CT molecular complexity index is 637. The number of anilines is 2. The quantitative estimate of drug-likeness (QED) is 0.809. The molecule has 3 nitrogen and oxygen atoms in total. The number of nitrogens with two attached hydrogens (primary N) is 1. The van der Waals surface area contributed by atoms with E-state index in [-0.39, 0.29) is 5.91 Å². The molecule has 2 rings (SSSR count). The predicted octanol–water partition coefficient (Wildman–Crippen LogP) is 4.21. The number of hydrogen-bond acceptors (Lipinski definition) is 2. The lowest BCUT2D eigenvalue weighted by molar-refractivity contribution is 0.102. The Morgan fingerprint density at radius 2 is 1.70 bits per heavy atom. The lowest BCUT2D eigenvalue weighted by atomic mass is 10.0. The molecule has 0 bridgehead atoms. The van der Waals surface area contributed by atoms with Crippen LogP contribution in [0.2, 0.25) is 0 Å². The first-order valence-electron chi connectivity index (χ1n) is 6.33. The fraction of sp³-hybridized carbons (Fsp3) is 0.188. The van der Waals surface area contributed by atoms with Crippen LogP contribution in [0.15, 0.2) is 34.8 Å². The van der Waals surface area contributed by atoms with Crippen molar-refractivity contribution in [2.24, 2.45) is 0 Å². The van der Waals surface area contributed by atoms with Crippen LogP contribution in [0.25, 0.3) is 0 Å². The first-order valence-corrected chi connectivity index (χ1v) is 7.12. The summed E-state index contributed by atoms with van der Waals surface area (Å²) in [4.78, 5) is 12.4. The van der Waals surface area contributed by atoms with Gasteiger partial charge in [0.1, 0.15) is 0 Å². The van der Waals surface area contributed by atoms with Gasteiger partial charge in [-0.25, -0.2) is 0 Å². The van der Waals surface area contributed by atoms with Gasteiger partial charge >= 0.3 is 0 Å². The average Bonchev–Trinajstić information content (AvgIpc) is 2.33. The normalized spacial score (nSPS) is 10.4. The molecule has 0 unspecified atom stereocenters. The number of aryl methyl sites for hydroxylation is 3. The molecule has 20 heavy (non-hydrogen) atoms. The summed E-state index contributed by atoms with van der Waals surface area (Å²) in [7, 11) is 0. The number of amides is 1. The average molecular weight is 333 g/mol. The minimum absolute atomic E-state index is 0.172. The third kappa shape index (κ3) is 2.85. The number of carbonyl (C=O) groups excluding carboxylic acids is 1. The summed E-state index contributed by atoms with van der Waals surface area (Å²) in [6, 6.07) is 9.42. The maximum atomic E-state index is 12.4. The van der Waals surface area contributed by atoms with Crippen LogP contribution in [0.1, 0.15) is 27.0 Å². The molecule has 0 aliphatic heterocycles. The van der Waals surface area contributed by atoms with E-state index in [9.17, 15) is 4.79 Å². The zero-order valence-corrected chi connectivity index (χ0v) is 13.3. The summed E-state index contributed by atoms with van der Waals surface area (Å²) in [6.45, 7) is 5.82. The Morgan fingerprint density at radius 3 is 2.25 bits per heavy atom. The third-order valence-electron chi connectivity index (χ3n) is 3.27. The van der Waals surface area contributed by atoms with Crippen molar-refractivity contribution in [1.29, 1.82) is 0 Å². The van der Waals surface area contributed by atoms with E-state index in [1.807, 2.05) is 45.0 Å². The van der Waals surface area contributed by atoms with Crippen LogP contribution in [0, 0.1) is 20.8 Å². The Hall–Kier alpha value is -1.81. The predicted molar refractivity (Wildman–Crippen MR) is 87.2 cm³/mol. The SMILES string of the molecule is Cc1cc(Br)cc(C)c1NC(=O)c1c(C)cccc1N. The molecule has 0 aromatic heterocycles. The standard InChI is InChI=1S/C16H17BrN2O/c1-9-5-4-6-13(18)14(9)16(20)19-15-10(2)7-12(17)8-11(15)3/h4-8H,18H2,1-3H3,(H,19,20). The van der Waals surface area contributed by atoms with Crippen molar-refractivity contribution < 1.29 is 4.79 Å². The summed E-state index contributed by atoms with van der Waals surface area (Å²) in [5.74, 6) is -0.172. The summed E-state index contributed by atoms with van der Waals surface area (Å²) in [5, 5.41) is 2.96. The zero-order chi connectivity index (χ0) is 14.9. The lowest BCUT2D eigenvalue weighted by Gasteiger charge is -2.14. The van der Waals surface area contributed by atoms with Crippen LogP contribution < -0.4 is 11.1 Å². The van der Waals surface area contributed by atoms with Gasteiger partial charge < -0.3 is 11.1 Å². The third-order valence-corrected chi connectivity index (χ3v) is 3.73. The first kappa shape index (κ1) is 14.6. The van der Waals surface area contributed by atoms with Crippen LogP contribution >= 0.6 is 15.9 Å². The molecular weight excluding hydrogens is 316 g/mol. The number of hydrogen-bond donors (Lipinski definition) is 2. The second-order valence-electron chi connectivity index (χ2n) is 4.91. The minimum Gasteiger partial charge on any atom is -0.398 e. The van der Waals surface area contributed by atoms with Crippen molar-refractivity contribution in [3.8, 4) is 0 Å². The molecule has 0 spiro atoms. The zero-order valence-electron chi connectivity index (χ0n) is 11.8. The second-order valence-corrected chi connectivity index (χ2v) is 5.82. The smallest absolute Gasteiger partial charge is 0.258 e. The summed E-state index contributed by atoms with van der Waals surface area (Å²) in [6.07, 6.45) is 0. The maximum Gasteiger partial charge on any atom is 0.258 e. The molecule has 0 fully saturated rings. The van der Waals surface area contributed by atoms with Crippen LogP contribution in [0.4, 0.5) is 11.4 Å². The van der Waals surface area contributed by atoms with E-state index in [0.29, 0.717) is 11.3 Å². The van der Waals surface area contributed by atoms with E-state index in [0.717, 1.165) is 26.9 Å². The molecule has 0 saturated carbocycles. The molecule has 0 aliphatic carbocycles. The van der Waals surface area contributed by atoms with Gasteiger partial charge in [-0.3, -0.25) is 4.79 Å². The number of carbonyl (C=O) groups is 1. The Morgan fingerprint density at radius 1 is 1.10 bits per heavy atom. The fourth-order valence-corrected chi connectivity index (χ4v) is 2.97. The number of halogens is 1. The highest BCUT2D eigenvalue weighted by atomic mass is 79.9. The van der Waals surface area contributed by atoms with E-state index >= 15 is 0 Å². The molecule has 3 N–H and O–H groups in total. The van der Waals surface area contributed by atoms with Crippen molar-refractivity contribution in [2.75, 3.05) is 11.1 Å². The molecule has 0 saturated heterocycles. The Labute approximate surface area is 127 Å². The van der Waals surface area contributed by atoms with Gasteiger partial charge in [0.25, 0.3) is 5.91 Å². The number of benzene rings is 2. The van der Waals surface area contributed by atoms with Gasteiger partial charge in [0.15, 0.2) is 0 Å². The largest absolute Gasteiger partial charge is 0.398 e. The summed E-state index contributed by atoms with van der Waals surface area (Å²) < 4.78 is 1.00. The van der Waals surface area contributed by atoms with Gasteiger partial charge in [-0.1, -0.05) is 28.1 Å². The van der Waals surface area contributed by atoms with Crippen molar-refractivity contribution >= 4 is 33.2 Å². The minimum atomic E-state index is -0.172. The topological polar surface area (TPSA) is 55.1 Å². The van der Waals surface area contributed by atoms with Gasteiger partial charge in [-0.2, -0.15) is 0 Å². The maximum absolute atomic E-state index is 12.4. The molecule has 0 radical (unpaired) electrons. The molecule has 0 atom stereocenters. The van der Waals surface area contributed by atoms with Crippen molar-refractivity contribution in [2.45, 2.75) is 20.8 Å². The van der Waals surface area contributed by atoms with Crippen molar-refractivity contribution in [3.05, 3.63) is 57.1 Å². The Kier molecular flexibility index (Phi) is 4.14. The molecule has 1 amide bonds. The monoisotopic (exact) mass is 332 g/mol. The molecular formula is C16H17BrN2O. The Balaban J connectivity index is 2.38. The first-order chi connectivity index (χ1) is 9.40.